The van der Waals surface area contributed by atoms with Crippen LogP contribution in [0.25, 0.3) is 0 Å². The maximum Gasteiger partial charge on any atom is 0.269 e. The molecule has 0 radical (unpaired) electrons. The third-order valence-electron chi connectivity index (χ3n) is 4.12. The Morgan fingerprint density at radius 3 is 2.59 bits per heavy atom. The Balaban J connectivity index is 1.65. The minimum absolute atomic E-state index is 0.135. The number of non-ortho nitro benzene ring substituents is 1. The van der Waals surface area contributed by atoms with Crippen molar-refractivity contribution in [2.45, 2.75) is 45.6 Å². The van der Waals surface area contributed by atoms with Crippen LogP contribution in [0.1, 0.15) is 48.9 Å². The molecule has 2 aromatic rings. The van der Waals surface area contributed by atoms with Gasteiger partial charge in [0.2, 0.25) is 0 Å². The predicted octanol–water partition coefficient (Wildman–Crippen LogP) is 3.86. The fourth-order valence-corrected chi connectivity index (χ4v) is 3.39. The smallest absolute Gasteiger partial charge is 0.269 e. The summed E-state index contributed by atoms with van der Waals surface area (Å²) in [5, 5.41) is 20.4. The molecule has 0 saturated heterocycles. The van der Waals surface area contributed by atoms with E-state index in [0.29, 0.717) is 12.5 Å². The van der Waals surface area contributed by atoms with E-state index in [9.17, 15) is 10.1 Å². The Hall–Kier alpha value is -2.48. The van der Waals surface area contributed by atoms with Gasteiger partial charge in [0.25, 0.3) is 5.69 Å². The van der Waals surface area contributed by atoms with Crippen molar-refractivity contribution in [3.63, 3.8) is 0 Å². The summed E-state index contributed by atoms with van der Waals surface area (Å²) in [6, 6.07) is 6.77. The summed E-state index contributed by atoms with van der Waals surface area (Å²) < 4.78 is 0. The molecule has 2 N–H and O–H groups in total. The molecule has 0 atom stereocenters. The van der Waals surface area contributed by atoms with Crippen LogP contribution in [-0.4, -0.2) is 29.5 Å². The number of aryl methyl sites for hydroxylation is 1. The summed E-state index contributed by atoms with van der Waals surface area (Å²) in [5.41, 5.74) is 2.38. The van der Waals surface area contributed by atoms with Gasteiger partial charge in [0.05, 0.1) is 17.2 Å². The topological polar surface area (TPSA) is 92.5 Å². The first-order chi connectivity index (χ1) is 13.0. The normalized spacial score (nSPS) is 11.6. The van der Waals surface area contributed by atoms with Crippen LogP contribution >= 0.6 is 11.3 Å². The number of thiazole rings is 1. The van der Waals surface area contributed by atoms with E-state index in [1.807, 2.05) is 12.1 Å². The van der Waals surface area contributed by atoms with Gasteiger partial charge in [-0.1, -0.05) is 26.0 Å². The highest BCUT2D eigenvalue weighted by molar-refractivity contribution is 7.09. The summed E-state index contributed by atoms with van der Waals surface area (Å²) in [6.45, 7) is 5.77. The van der Waals surface area contributed by atoms with Gasteiger partial charge in [-0.15, -0.1) is 11.3 Å². The molecule has 0 aliphatic heterocycles. The lowest BCUT2D eigenvalue weighted by Gasteiger charge is -2.10. The van der Waals surface area contributed by atoms with Gasteiger partial charge in [0.1, 0.15) is 5.01 Å². The highest BCUT2D eigenvalue weighted by atomic mass is 32.1. The van der Waals surface area contributed by atoms with Crippen LogP contribution < -0.4 is 10.6 Å². The second-order valence-electron chi connectivity index (χ2n) is 6.55. The molecule has 1 aromatic carbocycles. The zero-order valence-corrected chi connectivity index (χ0v) is 16.9. The largest absolute Gasteiger partial charge is 0.356 e. The number of rotatable bonds is 9. The molecular formula is C19H27N5O2S. The van der Waals surface area contributed by atoms with Crippen LogP contribution in [0.15, 0.2) is 34.6 Å². The van der Waals surface area contributed by atoms with Gasteiger partial charge in [-0.05, 0) is 30.7 Å². The predicted molar refractivity (Wildman–Crippen MR) is 110 cm³/mol. The number of aromatic nitrogens is 1. The number of benzene rings is 1. The number of nitrogens with zero attached hydrogens (tertiary/aromatic N) is 3. The Morgan fingerprint density at radius 1 is 1.26 bits per heavy atom. The van der Waals surface area contributed by atoms with Crippen molar-refractivity contribution >= 4 is 23.0 Å². The number of nitro groups is 1. The molecule has 0 amide bonds. The van der Waals surface area contributed by atoms with Gasteiger partial charge in [0.15, 0.2) is 5.96 Å². The number of nitro benzene ring substituents is 1. The van der Waals surface area contributed by atoms with Crippen LogP contribution in [0.5, 0.6) is 0 Å². The van der Waals surface area contributed by atoms with Crippen molar-refractivity contribution in [3.05, 3.63) is 56.0 Å². The Labute approximate surface area is 164 Å². The van der Waals surface area contributed by atoms with Crippen LogP contribution in [0.4, 0.5) is 5.69 Å². The lowest BCUT2D eigenvalue weighted by Crippen LogP contribution is -2.37. The zero-order valence-electron chi connectivity index (χ0n) is 16.1. The molecule has 0 spiro atoms. The van der Waals surface area contributed by atoms with Crippen molar-refractivity contribution in [2.75, 3.05) is 13.6 Å². The Bertz CT molecular complexity index is 756. The Morgan fingerprint density at radius 2 is 2.00 bits per heavy atom. The third kappa shape index (κ3) is 6.97. The molecule has 2 rings (SSSR count). The number of hydrogen-bond donors (Lipinski definition) is 2. The van der Waals surface area contributed by atoms with Crippen molar-refractivity contribution in [3.8, 4) is 0 Å². The summed E-state index contributed by atoms with van der Waals surface area (Å²) >= 11 is 1.66. The van der Waals surface area contributed by atoms with Crippen LogP contribution in [0.2, 0.25) is 0 Å². The molecule has 0 unspecified atom stereocenters. The third-order valence-corrected chi connectivity index (χ3v) is 4.99. The van der Waals surface area contributed by atoms with E-state index < -0.39 is 0 Å². The SMILES string of the molecule is CN=C(NCCCCc1ccc([N+](=O)[O-])cc1)NCc1nc(C(C)C)cs1. The average molecular weight is 390 g/mol. The maximum atomic E-state index is 10.7. The summed E-state index contributed by atoms with van der Waals surface area (Å²) in [5.74, 6) is 1.22. The number of nitrogens with one attached hydrogen (secondary N) is 2. The van der Waals surface area contributed by atoms with Gasteiger partial charge >= 0.3 is 0 Å². The molecule has 1 heterocycles. The van der Waals surface area contributed by atoms with E-state index in [4.69, 9.17) is 0 Å². The van der Waals surface area contributed by atoms with Gasteiger partial charge in [-0.25, -0.2) is 4.98 Å². The number of hydrogen-bond acceptors (Lipinski definition) is 5. The van der Waals surface area contributed by atoms with Crippen molar-refractivity contribution in [2.24, 2.45) is 4.99 Å². The molecule has 0 fully saturated rings. The molecule has 0 aliphatic carbocycles. The quantitative estimate of drug-likeness (QED) is 0.223. The van der Waals surface area contributed by atoms with Crippen LogP contribution in [-0.2, 0) is 13.0 Å². The first kappa shape index (κ1) is 20.8. The fourth-order valence-electron chi connectivity index (χ4n) is 2.50. The second-order valence-corrected chi connectivity index (χ2v) is 7.50. The zero-order chi connectivity index (χ0) is 19.6. The number of aliphatic imine (C=N–C) groups is 1. The lowest BCUT2D eigenvalue weighted by molar-refractivity contribution is -0.384. The first-order valence-electron chi connectivity index (χ1n) is 9.11. The fraction of sp³-hybridized carbons (Fsp3) is 0.474. The van der Waals surface area contributed by atoms with Crippen LogP contribution in [0, 0.1) is 10.1 Å². The van der Waals surface area contributed by atoms with E-state index in [2.05, 4.69) is 39.8 Å². The summed E-state index contributed by atoms with van der Waals surface area (Å²) in [7, 11) is 1.76. The number of guanidine groups is 1. The highest BCUT2D eigenvalue weighted by Gasteiger charge is 2.06. The molecule has 0 bridgehead atoms. The number of unbranched alkanes of at least 4 members (excludes halogenated alkanes) is 1. The monoisotopic (exact) mass is 389 g/mol. The molecule has 27 heavy (non-hydrogen) atoms. The van der Waals surface area contributed by atoms with E-state index in [-0.39, 0.29) is 10.6 Å². The van der Waals surface area contributed by atoms with E-state index in [0.717, 1.165) is 48.0 Å². The van der Waals surface area contributed by atoms with Gasteiger partial charge in [-0.2, -0.15) is 0 Å². The van der Waals surface area contributed by atoms with Gasteiger partial charge in [-0.3, -0.25) is 15.1 Å². The van der Waals surface area contributed by atoms with Crippen molar-refractivity contribution < 1.29 is 4.92 Å². The van der Waals surface area contributed by atoms with Crippen LogP contribution in [0.3, 0.4) is 0 Å². The molecule has 146 valence electrons. The van der Waals surface area contributed by atoms with Crippen molar-refractivity contribution in [1.29, 1.82) is 0 Å². The van der Waals surface area contributed by atoms with E-state index in [1.54, 1.807) is 30.5 Å². The second kappa shape index (κ2) is 10.6. The molecular weight excluding hydrogens is 362 g/mol. The van der Waals surface area contributed by atoms with Crippen molar-refractivity contribution in [1.82, 2.24) is 15.6 Å². The molecule has 7 nitrogen and oxygen atoms in total. The average Bonchev–Trinajstić information content (AvgIpc) is 3.13. The standard InChI is InChI=1S/C19H27N5O2S/c1-14(2)17-13-27-18(23-17)12-22-19(20-3)21-11-5-4-6-15-7-9-16(10-8-15)24(25)26/h7-10,13-14H,4-6,11-12H2,1-3H3,(H2,20,21,22). The first-order valence-corrected chi connectivity index (χ1v) is 9.99. The maximum absolute atomic E-state index is 10.7. The molecule has 1 aromatic heterocycles. The summed E-state index contributed by atoms with van der Waals surface area (Å²) in [4.78, 5) is 19.1. The van der Waals surface area contributed by atoms with Gasteiger partial charge < -0.3 is 10.6 Å². The van der Waals surface area contributed by atoms with E-state index >= 15 is 0 Å². The summed E-state index contributed by atoms with van der Waals surface area (Å²) in [6.07, 6.45) is 2.90. The minimum Gasteiger partial charge on any atom is -0.356 e. The molecule has 0 saturated carbocycles. The van der Waals surface area contributed by atoms with E-state index in [1.165, 1.54) is 0 Å². The Kier molecular flexibility index (Phi) is 8.19. The molecule has 8 heteroatoms. The minimum atomic E-state index is -0.373. The lowest BCUT2D eigenvalue weighted by atomic mass is 10.1. The molecule has 0 aliphatic rings. The highest BCUT2D eigenvalue weighted by Crippen LogP contribution is 2.17. The van der Waals surface area contributed by atoms with Gasteiger partial charge in [0, 0.05) is 31.1 Å².